The van der Waals surface area contributed by atoms with E-state index in [0.29, 0.717) is 0 Å². The molecule has 1 aliphatic rings. The van der Waals surface area contributed by atoms with E-state index in [-0.39, 0.29) is 11.4 Å². The molecular weight excluding hydrogens is 189 g/mol. The maximum atomic E-state index is 12.9. The Labute approximate surface area is 90.7 Å². The Kier molecular flexibility index (Phi) is 2.79. The Hall–Kier alpha value is -0.890. The van der Waals surface area contributed by atoms with Gasteiger partial charge in [-0.15, -0.1) is 0 Å². The molecule has 0 atom stereocenters. The Morgan fingerprint density at radius 3 is 2.73 bits per heavy atom. The first kappa shape index (κ1) is 10.6. The molecule has 1 aromatic carbocycles. The van der Waals surface area contributed by atoms with Crippen LogP contribution in [-0.4, -0.2) is 5.54 Å². The van der Waals surface area contributed by atoms with Crippen LogP contribution in [0.2, 0.25) is 0 Å². The van der Waals surface area contributed by atoms with E-state index in [9.17, 15) is 4.39 Å². The Bertz CT molecular complexity index is 342. The molecule has 2 rings (SSSR count). The second-order valence-electron chi connectivity index (χ2n) is 4.98. The van der Waals surface area contributed by atoms with Crippen molar-refractivity contribution < 1.29 is 4.39 Å². The van der Waals surface area contributed by atoms with Crippen molar-refractivity contribution in [2.75, 3.05) is 0 Å². The number of benzene rings is 1. The van der Waals surface area contributed by atoms with Gasteiger partial charge in [-0.2, -0.15) is 0 Å². The molecule has 0 amide bonds. The van der Waals surface area contributed by atoms with Crippen molar-refractivity contribution in [3.05, 3.63) is 35.6 Å². The van der Waals surface area contributed by atoms with Crippen molar-refractivity contribution in [2.24, 2.45) is 5.92 Å². The van der Waals surface area contributed by atoms with E-state index in [1.807, 2.05) is 6.07 Å². The Morgan fingerprint density at radius 2 is 2.13 bits per heavy atom. The van der Waals surface area contributed by atoms with Crippen molar-refractivity contribution >= 4 is 0 Å². The number of halogens is 1. The molecule has 0 aromatic heterocycles. The molecule has 1 aromatic rings. The average Bonchev–Trinajstić information content (AvgIpc) is 2.98. The summed E-state index contributed by atoms with van der Waals surface area (Å²) in [6.07, 6.45) is 2.65. The Morgan fingerprint density at radius 1 is 1.40 bits per heavy atom. The van der Waals surface area contributed by atoms with Gasteiger partial charge in [0.15, 0.2) is 0 Å². The molecule has 82 valence electrons. The molecule has 0 saturated heterocycles. The summed E-state index contributed by atoms with van der Waals surface area (Å²) in [6, 6.07) is 6.79. The van der Waals surface area contributed by atoms with Gasteiger partial charge in [-0.05, 0) is 50.3 Å². The summed E-state index contributed by atoms with van der Waals surface area (Å²) in [5.41, 5.74) is 1.20. The van der Waals surface area contributed by atoms with Crippen LogP contribution in [0.25, 0.3) is 0 Å². The summed E-state index contributed by atoms with van der Waals surface area (Å²) in [5, 5.41) is 3.50. The predicted molar refractivity (Wildman–Crippen MR) is 60.0 cm³/mol. The van der Waals surface area contributed by atoms with Gasteiger partial charge in [-0.3, -0.25) is 0 Å². The van der Waals surface area contributed by atoms with Crippen LogP contribution in [0.4, 0.5) is 4.39 Å². The lowest BCUT2D eigenvalue weighted by molar-refractivity contribution is 0.339. The number of hydrogen-bond acceptors (Lipinski definition) is 1. The zero-order valence-electron chi connectivity index (χ0n) is 9.39. The minimum atomic E-state index is -0.154. The van der Waals surface area contributed by atoms with Gasteiger partial charge in [0.1, 0.15) is 5.82 Å². The standard InChI is InChI=1S/C13H18FN/c1-13(2,11-6-7-11)15-9-10-4-3-5-12(14)8-10/h3-5,8,11,15H,6-7,9H2,1-2H3. The monoisotopic (exact) mass is 207 g/mol. The van der Waals surface area contributed by atoms with Crippen LogP contribution < -0.4 is 5.32 Å². The van der Waals surface area contributed by atoms with Gasteiger partial charge in [0.2, 0.25) is 0 Å². The maximum Gasteiger partial charge on any atom is 0.123 e. The summed E-state index contributed by atoms with van der Waals surface area (Å²) in [4.78, 5) is 0. The van der Waals surface area contributed by atoms with Crippen molar-refractivity contribution in [1.29, 1.82) is 0 Å². The SMILES string of the molecule is CC(C)(NCc1cccc(F)c1)C1CC1. The summed E-state index contributed by atoms with van der Waals surface area (Å²) >= 11 is 0. The molecule has 0 unspecified atom stereocenters. The number of hydrogen-bond donors (Lipinski definition) is 1. The molecule has 1 nitrogen and oxygen atoms in total. The van der Waals surface area contributed by atoms with E-state index < -0.39 is 0 Å². The molecule has 0 bridgehead atoms. The van der Waals surface area contributed by atoms with Crippen molar-refractivity contribution in [2.45, 2.75) is 38.8 Å². The van der Waals surface area contributed by atoms with E-state index in [0.717, 1.165) is 18.0 Å². The van der Waals surface area contributed by atoms with Crippen LogP contribution in [0.3, 0.4) is 0 Å². The third kappa shape index (κ3) is 2.78. The smallest absolute Gasteiger partial charge is 0.123 e. The zero-order chi connectivity index (χ0) is 10.9. The highest BCUT2D eigenvalue weighted by Crippen LogP contribution is 2.39. The third-order valence-electron chi connectivity index (χ3n) is 3.24. The van der Waals surface area contributed by atoms with Crippen LogP contribution in [0, 0.1) is 11.7 Å². The topological polar surface area (TPSA) is 12.0 Å². The third-order valence-corrected chi connectivity index (χ3v) is 3.24. The fraction of sp³-hybridized carbons (Fsp3) is 0.538. The van der Waals surface area contributed by atoms with Crippen LogP contribution in [0.15, 0.2) is 24.3 Å². The molecule has 1 saturated carbocycles. The maximum absolute atomic E-state index is 12.9. The summed E-state index contributed by atoms with van der Waals surface area (Å²) in [6.45, 7) is 5.20. The molecule has 0 heterocycles. The number of rotatable bonds is 4. The van der Waals surface area contributed by atoms with Gasteiger partial charge in [-0.25, -0.2) is 4.39 Å². The first-order chi connectivity index (χ1) is 7.08. The molecule has 2 heteroatoms. The summed E-state index contributed by atoms with van der Waals surface area (Å²) in [7, 11) is 0. The van der Waals surface area contributed by atoms with Crippen molar-refractivity contribution in [3.8, 4) is 0 Å². The highest BCUT2D eigenvalue weighted by Gasteiger charge is 2.36. The number of nitrogens with one attached hydrogen (secondary N) is 1. The molecule has 0 spiro atoms. The first-order valence-electron chi connectivity index (χ1n) is 5.57. The molecule has 0 aliphatic heterocycles. The quantitative estimate of drug-likeness (QED) is 0.800. The van der Waals surface area contributed by atoms with Crippen molar-refractivity contribution in [3.63, 3.8) is 0 Å². The van der Waals surface area contributed by atoms with Gasteiger partial charge >= 0.3 is 0 Å². The molecule has 15 heavy (non-hydrogen) atoms. The van der Waals surface area contributed by atoms with Gasteiger partial charge < -0.3 is 5.32 Å². The van der Waals surface area contributed by atoms with Crippen LogP contribution >= 0.6 is 0 Å². The van der Waals surface area contributed by atoms with Gasteiger partial charge in [-0.1, -0.05) is 12.1 Å². The summed E-state index contributed by atoms with van der Waals surface area (Å²) in [5.74, 6) is 0.643. The van der Waals surface area contributed by atoms with Gasteiger partial charge in [0, 0.05) is 12.1 Å². The lowest BCUT2D eigenvalue weighted by atomic mass is 9.98. The lowest BCUT2D eigenvalue weighted by Gasteiger charge is -2.26. The second kappa shape index (κ2) is 3.93. The van der Waals surface area contributed by atoms with Crippen LogP contribution in [0.1, 0.15) is 32.3 Å². The van der Waals surface area contributed by atoms with E-state index in [1.165, 1.54) is 18.9 Å². The van der Waals surface area contributed by atoms with Crippen molar-refractivity contribution in [1.82, 2.24) is 5.32 Å². The van der Waals surface area contributed by atoms with E-state index in [2.05, 4.69) is 19.2 Å². The van der Waals surface area contributed by atoms with Gasteiger partial charge in [0.05, 0.1) is 0 Å². The molecule has 1 N–H and O–H groups in total. The fourth-order valence-electron chi connectivity index (χ4n) is 1.93. The van der Waals surface area contributed by atoms with E-state index >= 15 is 0 Å². The molecule has 1 aliphatic carbocycles. The van der Waals surface area contributed by atoms with E-state index in [1.54, 1.807) is 12.1 Å². The highest BCUT2D eigenvalue weighted by atomic mass is 19.1. The van der Waals surface area contributed by atoms with Gasteiger partial charge in [0.25, 0.3) is 0 Å². The lowest BCUT2D eigenvalue weighted by Crippen LogP contribution is -2.40. The average molecular weight is 207 g/mol. The molecule has 0 radical (unpaired) electrons. The largest absolute Gasteiger partial charge is 0.307 e. The highest BCUT2D eigenvalue weighted by molar-refractivity contribution is 5.16. The molecular formula is C13H18FN. The van der Waals surface area contributed by atoms with E-state index in [4.69, 9.17) is 0 Å². The zero-order valence-corrected chi connectivity index (χ0v) is 9.39. The molecule has 1 fully saturated rings. The Balaban J connectivity index is 1.92. The first-order valence-corrected chi connectivity index (χ1v) is 5.57. The normalized spacial score (nSPS) is 16.7. The second-order valence-corrected chi connectivity index (χ2v) is 4.98. The summed E-state index contributed by atoms with van der Waals surface area (Å²) < 4.78 is 12.9. The van der Waals surface area contributed by atoms with Crippen LogP contribution in [0.5, 0.6) is 0 Å². The minimum Gasteiger partial charge on any atom is -0.307 e. The minimum absolute atomic E-state index is 0.154. The predicted octanol–water partition coefficient (Wildman–Crippen LogP) is 3.10. The van der Waals surface area contributed by atoms with Crippen LogP contribution in [-0.2, 0) is 6.54 Å². The fourth-order valence-corrected chi connectivity index (χ4v) is 1.93.